The molecule has 0 saturated heterocycles. The quantitative estimate of drug-likeness (QED) is 0.565. The van der Waals surface area contributed by atoms with Gasteiger partial charge in [-0.15, -0.1) is 0 Å². The molecule has 29 heavy (non-hydrogen) atoms. The lowest BCUT2D eigenvalue weighted by molar-refractivity contribution is -0.163. The lowest BCUT2D eigenvalue weighted by Gasteiger charge is -2.28. The minimum absolute atomic E-state index is 0.296. The molecule has 1 atom stereocenters. The lowest BCUT2D eigenvalue weighted by Crippen LogP contribution is -2.44. The molecule has 0 fully saturated rings. The minimum Gasteiger partial charge on any atom is -0.497 e. The average Bonchev–Trinajstić information content (AvgIpc) is 2.69. The Labute approximate surface area is 172 Å². The van der Waals surface area contributed by atoms with Crippen LogP contribution in [0.5, 0.6) is 5.75 Å². The summed E-state index contributed by atoms with van der Waals surface area (Å²) in [6, 6.07) is 5.35. The van der Waals surface area contributed by atoms with Crippen LogP contribution in [0.2, 0.25) is 0 Å². The second kappa shape index (κ2) is 8.43. The van der Waals surface area contributed by atoms with Crippen LogP contribution in [0.25, 0.3) is 0 Å². The highest BCUT2D eigenvalue weighted by Gasteiger charge is 2.39. The zero-order chi connectivity index (χ0) is 22.0. The van der Waals surface area contributed by atoms with E-state index in [4.69, 9.17) is 14.2 Å². The summed E-state index contributed by atoms with van der Waals surface area (Å²) < 4.78 is 16.1. The fraction of sp³-hybridized carbons (Fsp3) is 0.591. The Morgan fingerprint density at radius 1 is 1.07 bits per heavy atom. The maximum atomic E-state index is 13.3. The molecular formula is C22H31NO6. The van der Waals surface area contributed by atoms with Gasteiger partial charge < -0.3 is 19.1 Å². The van der Waals surface area contributed by atoms with Crippen LogP contribution in [0.15, 0.2) is 18.2 Å². The molecule has 1 aromatic carbocycles. The van der Waals surface area contributed by atoms with Gasteiger partial charge in [-0.1, -0.05) is 6.07 Å². The van der Waals surface area contributed by atoms with E-state index in [1.54, 1.807) is 53.7 Å². The van der Waals surface area contributed by atoms with Crippen molar-refractivity contribution in [3.63, 3.8) is 0 Å². The highest BCUT2D eigenvalue weighted by atomic mass is 16.6. The predicted molar refractivity (Wildman–Crippen MR) is 109 cm³/mol. The van der Waals surface area contributed by atoms with E-state index >= 15 is 0 Å². The molecule has 7 nitrogen and oxygen atoms in total. The molecule has 0 aromatic heterocycles. The Morgan fingerprint density at radius 3 is 2.24 bits per heavy atom. The summed E-state index contributed by atoms with van der Waals surface area (Å²) in [4.78, 5) is 39.8. The van der Waals surface area contributed by atoms with E-state index in [1.807, 2.05) is 6.07 Å². The number of hydrogen-bond donors (Lipinski definition) is 0. The summed E-state index contributed by atoms with van der Waals surface area (Å²) in [5.41, 5.74) is 0.00349. The number of benzene rings is 1. The van der Waals surface area contributed by atoms with Gasteiger partial charge in [0.2, 0.25) is 5.91 Å². The molecule has 1 amide bonds. The van der Waals surface area contributed by atoms with Crippen molar-refractivity contribution >= 4 is 23.5 Å². The third-order valence-electron chi connectivity index (χ3n) is 4.25. The van der Waals surface area contributed by atoms with Gasteiger partial charge in [0, 0.05) is 6.07 Å². The molecule has 0 saturated carbocycles. The summed E-state index contributed by atoms with van der Waals surface area (Å²) in [5.74, 6) is -2.05. The van der Waals surface area contributed by atoms with Gasteiger partial charge in [-0.2, -0.15) is 0 Å². The Balaban J connectivity index is 2.41. The Bertz CT molecular complexity index is 787. The van der Waals surface area contributed by atoms with E-state index < -0.39 is 35.0 Å². The zero-order valence-corrected chi connectivity index (χ0v) is 18.3. The van der Waals surface area contributed by atoms with Crippen LogP contribution in [0, 0.1) is 5.92 Å². The van der Waals surface area contributed by atoms with E-state index in [2.05, 4.69) is 0 Å². The molecule has 7 heteroatoms. The molecule has 0 radical (unpaired) electrons. The highest BCUT2D eigenvalue weighted by Crippen LogP contribution is 2.33. The normalized spacial score (nSPS) is 17.3. The summed E-state index contributed by atoms with van der Waals surface area (Å²) in [6.45, 7) is 10.2. The largest absolute Gasteiger partial charge is 0.497 e. The summed E-state index contributed by atoms with van der Waals surface area (Å²) in [5, 5.41) is 0. The number of anilines is 1. The maximum Gasteiger partial charge on any atom is 0.326 e. The number of fused-ring (bicyclic) bond motifs is 1. The van der Waals surface area contributed by atoms with Gasteiger partial charge in [0.15, 0.2) is 0 Å². The van der Waals surface area contributed by atoms with Crippen molar-refractivity contribution in [3.8, 4) is 5.75 Å². The molecule has 2 rings (SSSR count). The van der Waals surface area contributed by atoms with Gasteiger partial charge in [-0.25, -0.2) is 0 Å². The van der Waals surface area contributed by atoms with Crippen LogP contribution in [0.1, 0.15) is 53.5 Å². The van der Waals surface area contributed by atoms with E-state index in [0.29, 0.717) is 24.3 Å². The molecule has 0 aliphatic carbocycles. The fourth-order valence-electron chi connectivity index (χ4n) is 3.12. The Hall–Kier alpha value is -2.57. The van der Waals surface area contributed by atoms with Crippen molar-refractivity contribution in [2.45, 2.75) is 65.6 Å². The first-order valence-corrected chi connectivity index (χ1v) is 9.74. The molecular weight excluding hydrogens is 374 g/mol. The summed E-state index contributed by atoms with van der Waals surface area (Å²) in [7, 11) is 1.53. The Morgan fingerprint density at radius 2 is 1.69 bits per heavy atom. The number of aryl methyl sites for hydroxylation is 1. The van der Waals surface area contributed by atoms with E-state index in [9.17, 15) is 14.4 Å². The van der Waals surface area contributed by atoms with Crippen molar-refractivity contribution < 1.29 is 28.6 Å². The van der Waals surface area contributed by atoms with Crippen molar-refractivity contribution in [2.24, 2.45) is 5.92 Å². The number of nitrogens with zero attached hydrogens (tertiary/aromatic N) is 1. The Kier molecular flexibility index (Phi) is 6.60. The molecule has 1 aliphatic heterocycles. The molecule has 0 N–H and O–H groups in total. The van der Waals surface area contributed by atoms with Crippen LogP contribution in [0.4, 0.5) is 5.69 Å². The van der Waals surface area contributed by atoms with Gasteiger partial charge in [0.1, 0.15) is 29.4 Å². The molecule has 160 valence electrons. The summed E-state index contributed by atoms with van der Waals surface area (Å²) >= 11 is 0. The van der Waals surface area contributed by atoms with Crippen LogP contribution in [-0.2, 0) is 30.3 Å². The second-order valence-corrected chi connectivity index (χ2v) is 9.13. The SMILES string of the molecule is COc1ccc2c(c1)N(CC(=O)OC(C)(C)C)C(=O)C(C(=O)OC(C)(C)C)CC2. The first kappa shape index (κ1) is 22.7. The second-order valence-electron chi connectivity index (χ2n) is 9.13. The van der Waals surface area contributed by atoms with Gasteiger partial charge in [-0.05, 0) is 66.0 Å². The van der Waals surface area contributed by atoms with Crippen LogP contribution < -0.4 is 9.64 Å². The average molecular weight is 405 g/mol. The zero-order valence-electron chi connectivity index (χ0n) is 18.3. The molecule has 0 bridgehead atoms. The number of ether oxygens (including phenoxy) is 3. The van der Waals surface area contributed by atoms with Crippen LogP contribution in [-0.4, -0.2) is 42.7 Å². The monoisotopic (exact) mass is 405 g/mol. The van der Waals surface area contributed by atoms with E-state index in [0.717, 1.165) is 5.56 Å². The van der Waals surface area contributed by atoms with Crippen LogP contribution >= 0.6 is 0 Å². The first-order valence-electron chi connectivity index (χ1n) is 9.74. The third kappa shape index (κ3) is 6.21. The van der Waals surface area contributed by atoms with Crippen molar-refractivity contribution in [3.05, 3.63) is 23.8 Å². The number of esters is 2. The first-order chi connectivity index (χ1) is 13.3. The van der Waals surface area contributed by atoms with Gasteiger partial charge >= 0.3 is 11.9 Å². The standard InChI is InChI=1S/C22H31NO6/c1-21(2,3)28-18(24)13-23-17-12-15(27-7)10-8-14(17)9-11-16(19(23)25)20(26)29-22(4,5)6/h8,10,12,16H,9,11,13H2,1-7H3. The van der Waals surface area contributed by atoms with Crippen molar-refractivity contribution in [1.82, 2.24) is 0 Å². The van der Waals surface area contributed by atoms with Gasteiger partial charge in [0.05, 0.1) is 12.8 Å². The lowest BCUT2D eigenvalue weighted by atomic mass is 10.00. The molecule has 1 aliphatic rings. The topological polar surface area (TPSA) is 82.1 Å². The molecule has 1 unspecified atom stereocenters. The summed E-state index contributed by atoms with van der Waals surface area (Å²) in [6.07, 6.45) is 0.803. The predicted octanol–water partition coefficient (Wildman–Crippen LogP) is 3.27. The smallest absolute Gasteiger partial charge is 0.326 e. The maximum absolute atomic E-state index is 13.3. The highest BCUT2D eigenvalue weighted by molar-refractivity contribution is 6.09. The van der Waals surface area contributed by atoms with Crippen molar-refractivity contribution in [1.29, 1.82) is 0 Å². The van der Waals surface area contributed by atoms with Gasteiger partial charge in [-0.3, -0.25) is 14.4 Å². The van der Waals surface area contributed by atoms with Gasteiger partial charge in [0.25, 0.3) is 0 Å². The van der Waals surface area contributed by atoms with E-state index in [1.165, 1.54) is 12.0 Å². The molecule has 1 aromatic rings. The number of amides is 1. The molecule has 1 heterocycles. The molecule has 0 spiro atoms. The fourth-order valence-corrected chi connectivity index (χ4v) is 3.12. The van der Waals surface area contributed by atoms with E-state index in [-0.39, 0.29) is 6.54 Å². The number of carbonyl (C=O) groups is 3. The minimum atomic E-state index is -0.991. The number of carbonyl (C=O) groups excluding carboxylic acids is 3. The third-order valence-corrected chi connectivity index (χ3v) is 4.25. The number of rotatable bonds is 4. The van der Waals surface area contributed by atoms with Crippen molar-refractivity contribution in [2.75, 3.05) is 18.6 Å². The van der Waals surface area contributed by atoms with Crippen LogP contribution in [0.3, 0.4) is 0 Å². The number of methoxy groups -OCH3 is 1. The number of hydrogen-bond acceptors (Lipinski definition) is 6.